The summed E-state index contributed by atoms with van der Waals surface area (Å²) in [5.74, 6) is -0.263. The van der Waals surface area contributed by atoms with Gasteiger partial charge in [-0.05, 0) is 48.6 Å². The van der Waals surface area contributed by atoms with Crippen LogP contribution in [-0.2, 0) is 29.0 Å². The van der Waals surface area contributed by atoms with Gasteiger partial charge in [0.25, 0.3) is 0 Å². The summed E-state index contributed by atoms with van der Waals surface area (Å²) in [5.41, 5.74) is 2.81. The van der Waals surface area contributed by atoms with Crippen LogP contribution in [0.4, 0.5) is 0 Å². The van der Waals surface area contributed by atoms with E-state index in [0.29, 0.717) is 22.9 Å². The number of carbonyl (C=O) groups excluding carboxylic acids is 2. The van der Waals surface area contributed by atoms with Crippen LogP contribution in [0.25, 0.3) is 0 Å². The molecule has 35 heavy (non-hydrogen) atoms. The lowest BCUT2D eigenvalue weighted by Crippen LogP contribution is -2.52. The Morgan fingerprint density at radius 1 is 0.914 bits per heavy atom. The van der Waals surface area contributed by atoms with Gasteiger partial charge in [-0.1, -0.05) is 96.9 Å². The third-order valence-electron chi connectivity index (χ3n) is 6.10. The topological polar surface area (TPSA) is 49.4 Å². The molecule has 0 aromatic heterocycles. The molecule has 0 spiro atoms. The average Bonchev–Trinajstić information content (AvgIpc) is 2.87. The van der Waals surface area contributed by atoms with Crippen molar-refractivity contribution in [3.8, 4) is 0 Å². The van der Waals surface area contributed by atoms with E-state index in [2.05, 4.69) is 5.32 Å². The molecule has 3 rings (SSSR count). The second-order valence-electron chi connectivity index (χ2n) is 8.77. The highest BCUT2D eigenvalue weighted by Gasteiger charge is 2.31. The first-order valence-corrected chi connectivity index (χ1v) is 12.7. The number of hydrogen-bond acceptors (Lipinski definition) is 2. The molecule has 2 amide bonds. The van der Waals surface area contributed by atoms with Crippen molar-refractivity contribution in [2.24, 2.45) is 0 Å². The predicted molar refractivity (Wildman–Crippen MR) is 144 cm³/mol. The molecule has 6 heteroatoms. The number of halogens is 2. The van der Waals surface area contributed by atoms with Crippen molar-refractivity contribution >= 4 is 35.0 Å². The molecule has 3 aromatic carbocycles. The molecule has 0 radical (unpaired) electrons. The first-order chi connectivity index (χ1) is 16.9. The number of nitrogens with zero attached hydrogens (tertiary/aromatic N) is 1. The van der Waals surface area contributed by atoms with Crippen LogP contribution in [0.15, 0.2) is 78.9 Å². The third-order valence-corrected chi connectivity index (χ3v) is 6.69. The lowest BCUT2D eigenvalue weighted by molar-refractivity contribution is -0.141. The summed E-state index contributed by atoms with van der Waals surface area (Å²) in [5, 5.41) is 4.08. The number of carbonyl (C=O) groups is 2. The maximum Gasteiger partial charge on any atom is 0.243 e. The van der Waals surface area contributed by atoms with Gasteiger partial charge in [-0.15, -0.1) is 0 Å². The first kappa shape index (κ1) is 26.8. The van der Waals surface area contributed by atoms with Crippen molar-refractivity contribution in [2.75, 3.05) is 0 Å². The van der Waals surface area contributed by atoms with Crippen LogP contribution in [-0.4, -0.2) is 28.8 Å². The summed E-state index contributed by atoms with van der Waals surface area (Å²) in [6, 6.07) is 24.2. The molecular formula is C29H32Cl2N2O2. The van der Waals surface area contributed by atoms with Crippen molar-refractivity contribution in [3.63, 3.8) is 0 Å². The molecule has 3 aromatic rings. The Hall–Kier alpha value is -2.82. The standard InChI is InChI=1S/C29H32Cl2N2O2/c1-3-21(2)32-29(35)27(18-23-12-8-5-9-13-23)33(20-24-15-16-25(30)19-26(24)31)28(34)17-14-22-10-6-4-7-11-22/h4-13,15-16,19,21,27H,3,14,17-18,20H2,1-2H3,(H,32,35)/t21-,27+/m0/s1. The van der Waals surface area contributed by atoms with Gasteiger partial charge in [0.2, 0.25) is 11.8 Å². The number of benzene rings is 3. The highest BCUT2D eigenvalue weighted by atomic mass is 35.5. The van der Waals surface area contributed by atoms with Crippen LogP contribution < -0.4 is 5.32 Å². The fourth-order valence-corrected chi connectivity index (χ4v) is 4.34. The van der Waals surface area contributed by atoms with Crippen molar-refractivity contribution in [1.82, 2.24) is 10.2 Å². The van der Waals surface area contributed by atoms with Gasteiger partial charge in [-0.3, -0.25) is 9.59 Å². The van der Waals surface area contributed by atoms with Gasteiger partial charge in [-0.25, -0.2) is 0 Å². The Morgan fingerprint density at radius 2 is 1.54 bits per heavy atom. The Balaban J connectivity index is 1.94. The van der Waals surface area contributed by atoms with Crippen LogP contribution in [0, 0.1) is 0 Å². The van der Waals surface area contributed by atoms with Crippen LogP contribution >= 0.6 is 23.2 Å². The second-order valence-corrected chi connectivity index (χ2v) is 9.61. The summed E-state index contributed by atoms with van der Waals surface area (Å²) >= 11 is 12.6. The second kappa shape index (κ2) is 13.3. The first-order valence-electron chi connectivity index (χ1n) is 12.0. The molecule has 0 fully saturated rings. The number of amides is 2. The zero-order valence-corrected chi connectivity index (χ0v) is 21.7. The van der Waals surface area contributed by atoms with Gasteiger partial charge >= 0.3 is 0 Å². The predicted octanol–water partition coefficient (Wildman–Crippen LogP) is 6.48. The van der Waals surface area contributed by atoms with E-state index in [1.54, 1.807) is 17.0 Å². The summed E-state index contributed by atoms with van der Waals surface area (Å²) in [4.78, 5) is 28.8. The van der Waals surface area contributed by atoms with E-state index in [4.69, 9.17) is 23.2 Å². The van der Waals surface area contributed by atoms with Crippen molar-refractivity contribution < 1.29 is 9.59 Å². The molecule has 0 saturated carbocycles. The zero-order chi connectivity index (χ0) is 25.2. The zero-order valence-electron chi connectivity index (χ0n) is 20.2. The number of nitrogens with one attached hydrogen (secondary N) is 1. The van der Waals surface area contributed by atoms with E-state index in [9.17, 15) is 9.59 Å². The summed E-state index contributed by atoms with van der Waals surface area (Å²) < 4.78 is 0. The smallest absolute Gasteiger partial charge is 0.243 e. The molecule has 4 nitrogen and oxygen atoms in total. The molecule has 0 heterocycles. The normalized spacial score (nSPS) is 12.6. The minimum Gasteiger partial charge on any atom is -0.352 e. The Bertz CT molecular complexity index is 1110. The molecule has 184 valence electrons. The number of hydrogen-bond donors (Lipinski definition) is 1. The summed E-state index contributed by atoms with van der Waals surface area (Å²) in [6.45, 7) is 4.21. The highest BCUT2D eigenvalue weighted by molar-refractivity contribution is 6.35. The lowest BCUT2D eigenvalue weighted by atomic mass is 10.0. The van der Waals surface area contributed by atoms with Crippen molar-refractivity contribution in [2.45, 2.75) is 58.2 Å². The molecule has 1 N–H and O–H groups in total. The summed E-state index contributed by atoms with van der Waals surface area (Å²) in [6.07, 6.45) is 2.09. The van der Waals surface area contributed by atoms with E-state index >= 15 is 0 Å². The van der Waals surface area contributed by atoms with Gasteiger partial charge in [0.15, 0.2) is 0 Å². The van der Waals surface area contributed by atoms with E-state index < -0.39 is 6.04 Å². The molecule has 0 aliphatic heterocycles. The molecule has 0 unspecified atom stereocenters. The lowest BCUT2D eigenvalue weighted by Gasteiger charge is -2.32. The Kier molecular flexibility index (Phi) is 10.2. The summed E-state index contributed by atoms with van der Waals surface area (Å²) in [7, 11) is 0. The van der Waals surface area contributed by atoms with Crippen molar-refractivity contribution in [3.05, 3.63) is 106 Å². The van der Waals surface area contributed by atoms with Gasteiger partial charge in [0.05, 0.1) is 0 Å². The van der Waals surface area contributed by atoms with Gasteiger partial charge in [-0.2, -0.15) is 0 Å². The number of rotatable bonds is 11. The third kappa shape index (κ3) is 8.12. The molecular weight excluding hydrogens is 479 g/mol. The van der Waals surface area contributed by atoms with Gasteiger partial charge in [0.1, 0.15) is 6.04 Å². The van der Waals surface area contributed by atoms with Crippen LogP contribution in [0.3, 0.4) is 0 Å². The van der Waals surface area contributed by atoms with E-state index in [0.717, 1.165) is 23.1 Å². The molecule has 0 aliphatic rings. The molecule has 0 bridgehead atoms. The van der Waals surface area contributed by atoms with E-state index in [-0.39, 0.29) is 30.8 Å². The average molecular weight is 511 g/mol. The highest BCUT2D eigenvalue weighted by Crippen LogP contribution is 2.25. The largest absolute Gasteiger partial charge is 0.352 e. The molecule has 0 saturated heterocycles. The SMILES string of the molecule is CC[C@H](C)NC(=O)[C@@H](Cc1ccccc1)N(Cc1ccc(Cl)cc1Cl)C(=O)CCc1ccccc1. The molecule has 2 atom stereocenters. The Morgan fingerprint density at radius 3 is 2.14 bits per heavy atom. The van der Waals surface area contributed by atoms with Crippen LogP contribution in [0.5, 0.6) is 0 Å². The minimum absolute atomic E-state index is 0.00108. The van der Waals surface area contributed by atoms with Gasteiger partial charge in [0, 0.05) is 35.5 Å². The fourth-order valence-electron chi connectivity index (χ4n) is 3.87. The maximum absolute atomic E-state index is 13.7. The van der Waals surface area contributed by atoms with Gasteiger partial charge < -0.3 is 10.2 Å². The van der Waals surface area contributed by atoms with Crippen molar-refractivity contribution in [1.29, 1.82) is 0 Å². The minimum atomic E-state index is -0.679. The van der Waals surface area contributed by atoms with E-state index in [1.165, 1.54) is 0 Å². The van der Waals surface area contributed by atoms with Crippen LogP contribution in [0.2, 0.25) is 10.0 Å². The maximum atomic E-state index is 13.7. The quantitative estimate of drug-likeness (QED) is 0.320. The monoisotopic (exact) mass is 510 g/mol. The number of aryl methyl sites for hydroxylation is 1. The fraction of sp³-hybridized carbons (Fsp3) is 0.310. The van der Waals surface area contributed by atoms with Crippen LogP contribution in [0.1, 0.15) is 43.4 Å². The van der Waals surface area contributed by atoms with E-state index in [1.807, 2.05) is 80.6 Å². The Labute approximate surface area is 218 Å². The molecule has 0 aliphatic carbocycles.